The van der Waals surface area contributed by atoms with Crippen LogP contribution in [-0.2, 0) is 10.6 Å². The molecule has 3 rings (SSSR count). The number of carbonyl (C=O) groups is 1. The van der Waals surface area contributed by atoms with Gasteiger partial charge in [-0.15, -0.1) is 11.6 Å². The zero-order chi connectivity index (χ0) is 24.1. The molecular formula is C25H28ClNO6. The van der Waals surface area contributed by atoms with Crippen molar-refractivity contribution in [2.45, 2.75) is 32.8 Å². The summed E-state index contributed by atoms with van der Waals surface area (Å²) in [7, 11) is 4.69. The van der Waals surface area contributed by atoms with Crippen LogP contribution in [0, 0.1) is 0 Å². The molecule has 0 unspecified atom stereocenters. The molecule has 1 heterocycles. The predicted molar refractivity (Wildman–Crippen MR) is 128 cm³/mol. The predicted octanol–water partition coefficient (Wildman–Crippen LogP) is 5.63. The van der Waals surface area contributed by atoms with Gasteiger partial charge in [-0.05, 0) is 44.5 Å². The number of ether oxygens (including phenoxy) is 5. The molecule has 33 heavy (non-hydrogen) atoms. The van der Waals surface area contributed by atoms with Crippen LogP contribution in [0.1, 0.15) is 36.8 Å². The lowest BCUT2D eigenvalue weighted by Crippen LogP contribution is -2.12. The first kappa shape index (κ1) is 24.5. The first-order valence-electron chi connectivity index (χ1n) is 10.5. The van der Waals surface area contributed by atoms with E-state index in [1.807, 2.05) is 32.0 Å². The molecule has 0 aliphatic rings. The Morgan fingerprint density at radius 3 is 2.21 bits per heavy atom. The summed E-state index contributed by atoms with van der Waals surface area (Å²) in [5, 5.41) is 0.690. The quantitative estimate of drug-likeness (QED) is 0.294. The Labute approximate surface area is 198 Å². The average Bonchev–Trinajstić information content (AvgIpc) is 2.81. The number of nitrogens with zero attached hydrogens (tertiary/aromatic N) is 1. The first-order chi connectivity index (χ1) is 15.9. The molecule has 0 amide bonds. The smallest absolute Gasteiger partial charge is 0.340 e. The van der Waals surface area contributed by atoms with Crippen molar-refractivity contribution in [3.8, 4) is 34.1 Å². The molecule has 8 heteroatoms. The molecule has 0 saturated heterocycles. The molecule has 0 spiro atoms. The number of hydrogen-bond acceptors (Lipinski definition) is 7. The number of aromatic nitrogens is 1. The van der Waals surface area contributed by atoms with Crippen LogP contribution in [0.15, 0.2) is 30.3 Å². The first-order valence-corrected chi connectivity index (χ1v) is 11.1. The average molecular weight is 474 g/mol. The summed E-state index contributed by atoms with van der Waals surface area (Å²) in [6, 6.07) is 9.05. The number of alkyl halides is 1. The lowest BCUT2D eigenvalue weighted by molar-refractivity contribution is 0.0526. The van der Waals surface area contributed by atoms with Crippen LogP contribution in [0.25, 0.3) is 22.0 Å². The maximum atomic E-state index is 13.1. The molecule has 7 nitrogen and oxygen atoms in total. The maximum Gasteiger partial charge on any atom is 0.340 e. The monoisotopic (exact) mass is 473 g/mol. The number of carbonyl (C=O) groups excluding carboxylic acids is 1. The largest absolute Gasteiger partial charge is 0.493 e. The molecule has 176 valence electrons. The van der Waals surface area contributed by atoms with Crippen molar-refractivity contribution in [1.29, 1.82) is 0 Å². The molecule has 0 bridgehead atoms. The van der Waals surface area contributed by atoms with E-state index >= 15 is 0 Å². The number of methoxy groups -OCH3 is 3. The molecule has 0 fully saturated rings. The normalized spacial score (nSPS) is 10.9. The highest BCUT2D eigenvalue weighted by Gasteiger charge is 2.25. The van der Waals surface area contributed by atoms with Crippen molar-refractivity contribution in [3.63, 3.8) is 0 Å². The van der Waals surface area contributed by atoms with Crippen molar-refractivity contribution in [1.82, 2.24) is 4.98 Å². The standard InChI is InChI=1S/C25H28ClNO6/c1-7-32-25(28)24-18(13-26)27-17-12-21(31-6)22(33-14(2)3)11-16(17)23(24)15-8-9-19(29-4)20(10-15)30-5/h8-12,14H,7,13H2,1-6H3. The van der Waals surface area contributed by atoms with E-state index < -0.39 is 5.97 Å². The third-order valence-corrected chi connectivity index (χ3v) is 5.24. The van der Waals surface area contributed by atoms with E-state index in [0.29, 0.717) is 50.7 Å². The maximum absolute atomic E-state index is 13.1. The van der Waals surface area contributed by atoms with E-state index in [2.05, 4.69) is 4.98 Å². The van der Waals surface area contributed by atoms with Gasteiger partial charge in [0.2, 0.25) is 0 Å². The van der Waals surface area contributed by atoms with Crippen molar-refractivity contribution in [2.75, 3.05) is 27.9 Å². The molecule has 3 aromatic rings. The summed E-state index contributed by atoms with van der Waals surface area (Å²) >= 11 is 6.25. The summed E-state index contributed by atoms with van der Waals surface area (Å²) in [4.78, 5) is 17.8. The second-order valence-electron chi connectivity index (χ2n) is 7.42. The molecule has 2 aromatic carbocycles. The van der Waals surface area contributed by atoms with Crippen LogP contribution in [0.2, 0.25) is 0 Å². The minimum Gasteiger partial charge on any atom is -0.493 e. The van der Waals surface area contributed by atoms with Gasteiger partial charge in [0, 0.05) is 17.0 Å². The van der Waals surface area contributed by atoms with Gasteiger partial charge in [-0.25, -0.2) is 4.79 Å². The number of fused-ring (bicyclic) bond motifs is 1. The van der Waals surface area contributed by atoms with Gasteiger partial charge in [0.15, 0.2) is 23.0 Å². The fourth-order valence-corrected chi connectivity index (χ4v) is 3.83. The lowest BCUT2D eigenvalue weighted by atomic mass is 9.93. The number of esters is 1. The molecule has 0 N–H and O–H groups in total. The van der Waals surface area contributed by atoms with Gasteiger partial charge >= 0.3 is 5.97 Å². The minimum atomic E-state index is -0.505. The molecule has 0 atom stereocenters. The highest BCUT2D eigenvalue weighted by molar-refractivity contribution is 6.18. The minimum absolute atomic E-state index is 0.0247. The van der Waals surface area contributed by atoms with E-state index in [1.54, 1.807) is 40.4 Å². The van der Waals surface area contributed by atoms with Gasteiger partial charge < -0.3 is 23.7 Å². The van der Waals surface area contributed by atoms with Gasteiger partial charge in [-0.2, -0.15) is 0 Å². The fourth-order valence-electron chi connectivity index (χ4n) is 3.64. The Morgan fingerprint density at radius 2 is 1.64 bits per heavy atom. The molecular weight excluding hydrogens is 446 g/mol. The van der Waals surface area contributed by atoms with Crippen LogP contribution >= 0.6 is 11.6 Å². The van der Waals surface area contributed by atoms with Crippen LogP contribution in [0.3, 0.4) is 0 Å². The molecule has 0 radical (unpaired) electrons. The van der Waals surface area contributed by atoms with Gasteiger partial charge in [0.1, 0.15) is 0 Å². The topological polar surface area (TPSA) is 76.1 Å². The van der Waals surface area contributed by atoms with Gasteiger partial charge in [-0.3, -0.25) is 4.98 Å². The van der Waals surface area contributed by atoms with E-state index in [0.717, 1.165) is 5.56 Å². The van der Waals surface area contributed by atoms with Gasteiger partial charge in [0.25, 0.3) is 0 Å². The van der Waals surface area contributed by atoms with Crippen LogP contribution < -0.4 is 18.9 Å². The van der Waals surface area contributed by atoms with E-state index in [-0.39, 0.29) is 18.6 Å². The van der Waals surface area contributed by atoms with Crippen LogP contribution in [0.4, 0.5) is 0 Å². The third-order valence-electron chi connectivity index (χ3n) is 4.99. The van der Waals surface area contributed by atoms with Crippen molar-refractivity contribution in [3.05, 3.63) is 41.6 Å². The fraction of sp³-hybridized carbons (Fsp3) is 0.360. The molecule has 1 aromatic heterocycles. The highest BCUT2D eigenvalue weighted by atomic mass is 35.5. The van der Waals surface area contributed by atoms with Crippen LogP contribution in [-0.4, -0.2) is 45.0 Å². The summed E-state index contributed by atoms with van der Waals surface area (Å²) in [6.07, 6.45) is -0.0829. The number of halogens is 1. The molecule has 0 saturated carbocycles. The SMILES string of the molecule is CCOC(=O)c1c(CCl)nc2cc(OC)c(OC(C)C)cc2c1-c1ccc(OC)c(OC)c1. The van der Waals surface area contributed by atoms with Crippen molar-refractivity contribution < 1.29 is 28.5 Å². The third kappa shape index (κ3) is 4.93. The second-order valence-corrected chi connectivity index (χ2v) is 7.69. The molecule has 0 aliphatic heterocycles. The van der Waals surface area contributed by atoms with Crippen molar-refractivity contribution in [2.24, 2.45) is 0 Å². The summed E-state index contributed by atoms with van der Waals surface area (Å²) < 4.78 is 27.8. The van der Waals surface area contributed by atoms with E-state index in [1.165, 1.54) is 0 Å². The Balaban J connectivity index is 2.46. The highest BCUT2D eigenvalue weighted by Crippen LogP contribution is 2.42. The van der Waals surface area contributed by atoms with Crippen molar-refractivity contribution >= 4 is 28.5 Å². The number of hydrogen-bond donors (Lipinski definition) is 0. The second kappa shape index (κ2) is 10.6. The van der Waals surface area contributed by atoms with E-state index in [4.69, 9.17) is 35.3 Å². The molecule has 0 aliphatic carbocycles. The zero-order valence-corrected chi connectivity index (χ0v) is 20.4. The summed E-state index contributed by atoms with van der Waals surface area (Å²) in [5.41, 5.74) is 2.65. The zero-order valence-electron chi connectivity index (χ0n) is 19.7. The summed E-state index contributed by atoms with van der Waals surface area (Å²) in [6.45, 7) is 5.83. The number of rotatable bonds is 9. The van der Waals surface area contributed by atoms with Gasteiger partial charge in [-0.1, -0.05) is 6.07 Å². The lowest BCUT2D eigenvalue weighted by Gasteiger charge is -2.19. The van der Waals surface area contributed by atoms with Crippen LogP contribution in [0.5, 0.6) is 23.0 Å². The Hall–Kier alpha value is -3.19. The number of pyridine rings is 1. The van der Waals surface area contributed by atoms with E-state index in [9.17, 15) is 4.79 Å². The Morgan fingerprint density at radius 1 is 0.970 bits per heavy atom. The van der Waals surface area contributed by atoms with Gasteiger partial charge in [0.05, 0.1) is 56.7 Å². The Kier molecular flexibility index (Phi) is 7.87. The number of benzene rings is 2. The summed E-state index contributed by atoms with van der Waals surface area (Å²) in [5.74, 6) is 1.68. The Bertz CT molecular complexity index is 1160.